The molecule has 0 aromatic heterocycles. The minimum absolute atomic E-state index is 0.237. The molecule has 2 aromatic rings. The number of hydrogen-bond acceptors (Lipinski definition) is 5. The number of nitrogens with two attached hydrogens (primary N) is 1. The minimum Gasteiger partial charge on any atom is -0.494 e. The average Bonchev–Trinajstić information content (AvgIpc) is 2.55. The Bertz CT molecular complexity index is 683. The molecular formula is C17H18N2O4. The monoisotopic (exact) mass is 314 g/mol. The number of ether oxygens (including phenoxy) is 2. The Balaban J connectivity index is 1.85. The molecule has 6 heteroatoms. The molecule has 3 N–H and O–H groups in total. The first-order valence-corrected chi connectivity index (χ1v) is 7.14. The molecule has 0 atom stereocenters. The number of nitrogen functional groups attached to an aromatic ring is 1. The number of hydrogen-bond donors (Lipinski definition) is 2. The number of para-hydroxylation sites is 1. The lowest BCUT2D eigenvalue weighted by Crippen LogP contribution is -2.21. The molecule has 6 nitrogen and oxygen atoms in total. The fourth-order valence-corrected chi connectivity index (χ4v) is 1.89. The van der Waals surface area contributed by atoms with Crippen LogP contribution in [0.2, 0.25) is 0 Å². The predicted molar refractivity (Wildman–Crippen MR) is 87.4 cm³/mol. The number of benzene rings is 2. The van der Waals surface area contributed by atoms with Crippen molar-refractivity contribution >= 4 is 23.3 Å². The van der Waals surface area contributed by atoms with Crippen molar-refractivity contribution < 1.29 is 19.1 Å². The fraction of sp³-hybridized carbons (Fsp3) is 0.176. The van der Waals surface area contributed by atoms with Crippen LogP contribution in [0.15, 0.2) is 48.5 Å². The fourth-order valence-electron chi connectivity index (χ4n) is 1.89. The highest BCUT2D eigenvalue weighted by Crippen LogP contribution is 2.16. The normalized spacial score (nSPS) is 9.96. The van der Waals surface area contributed by atoms with Crippen LogP contribution in [0.4, 0.5) is 11.4 Å². The first-order valence-electron chi connectivity index (χ1n) is 7.14. The van der Waals surface area contributed by atoms with Gasteiger partial charge >= 0.3 is 5.97 Å². The van der Waals surface area contributed by atoms with Gasteiger partial charge in [-0.25, -0.2) is 4.79 Å². The molecule has 0 aliphatic carbocycles. The summed E-state index contributed by atoms with van der Waals surface area (Å²) in [6.45, 7) is 2.08. The van der Waals surface area contributed by atoms with Gasteiger partial charge in [0.25, 0.3) is 5.91 Å². The molecule has 0 radical (unpaired) electrons. The standard InChI is InChI=1S/C17H18N2O4/c1-2-22-13-9-7-12(8-10-13)19-16(20)11-23-17(21)14-5-3-4-6-15(14)18/h3-10H,2,11,18H2,1H3,(H,19,20). The average molecular weight is 314 g/mol. The topological polar surface area (TPSA) is 90.6 Å². The molecule has 0 heterocycles. The van der Waals surface area contributed by atoms with Gasteiger partial charge in [-0.2, -0.15) is 0 Å². The van der Waals surface area contributed by atoms with Crippen LogP contribution in [0.25, 0.3) is 0 Å². The van der Waals surface area contributed by atoms with Crippen molar-refractivity contribution in [3.63, 3.8) is 0 Å². The molecule has 0 spiro atoms. The van der Waals surface area contributed by atoms with Gasteiger partial charge in [-0.15, -0.1) is 0 Å². The van der Waals surface area contributed by atoms with E-state index in [9.17, 15) is 9.59 Å². The van der Waals surface area contributed by atoms with E-state index in [1.165, 1.54) is 0 Å². The maximum atomic E-state index is 11.8. The largest absolute Gasteiger partial charge is 0.494 e. The Labute approximate surface area is 134 Å². The molecule has 0 aliphatic heterocycles. The number of carbonyl (C=O) groups is 2. The van der Waals surface area contributed by atoms with Gasteiger partial charge in [0.1, 0.15) is 5.75 Å². The summed E-state index contributed by atoms with van der Waals surface area (Å²) in [5.74, 6) is -0.349. The molecule has 23 heavy (non-hydrogen) atoms. The predicted octanol–water partition coefficient (Wildman–Crippen LogP) is 2.46. The van der Waals surface area contributed by atoms with Gasteiger partial charge in [0.05, 0.1) is 12.2 Å². The summed E-state index contributed by atoms with van der Waals surface area (Å²) < 4.78 is 10.3. The molecule has 1 amide bonds. The lowest BCUT2D eigenvalue weighted by molar-refractivity contribution is -0.119. The Hall–Kier alpha value is -3.02. The maximum absolute atomic E-state index is 11.8. The minimum atomic E-state index is -0.634. The quantitative estimate of drug-likeness (QED) is 0.631. The highest BCUT2D eigenvalue weighted by atomic mass is 16.5. The van der Waals surface area contributed by atoms with E-state index >= 15 is 0 Å². The molecular weight excluding hydrogens is 296 g/mol. The summed E-state index contributed by atoms with van der Waals surface area (Å²) >= 11 is 0. The van der Waals surface area contributed by atoms with E-state index in [1.807, 2.05) is 6.92 Å². The van der Waals surface area contributed by atoms with E-state index in [0.29, 0.717) is 18.0 Å². The zero-order chi connectivity index (χ0) is 16.7. The molecule has 0 unspecified atom stereocenters. The van der Waals surface area contributed by atoms with Crippen LogP contribution < -0.4 is 15.8 Å². The number of nitrogens with one attached hydrogen (secondary N) is 1. The summed E-state index contributed by atoms with van der Waals surface area (Å²) in [4.78, 5) is 23.6. The molecule has 0 saturated heterocycles. The van der Waals surface area contributed by atoms with Gasteiger partial charge in [0.15, 0.2) is 6.61 Å². The summed E-state index contributed by atoms with van der Waals surface area (Å²) in [6, 6.07) is 13.4. The van der Waals surface area contributed by atoms with E-state index in [0.717, 1.165) is 5.75 Å². The van der Waals surface area contributed by atoms with Crippen LogP contribution in [0.1, 0.15) is 17.3 Å². The smallest absolute Gasteiger partial charge is 0.340 e. The molecule has 0 fully saturated rings. The number of anilines is 2. The number of amides is 1. The van der Waals surface area contributed by atoms with E-state index in [2.05, 4.69) is 5.32 Å². The second-order valence-corrected chi connectivity index (χ2v) is 4.67. The summed E-state index contributed by atoms with van der Waals surface area (Å²) in [5, 5.41) is 2.63. The Kier molecular flexibility index (Phi) is 5.57. The number of rotatable bonds is 6. The molecule has 2 rings (SSSR count). The van der Waals surface area contributed by atoms with E-state index < -0.39 is 11.9 Å². The van der Waals surface area contributed by atoms with Crippen LogP contribution in [0, 0.1) is 0 Å². The molecule has 0 aliphatic rings. The van der Waals surface area contributed by atoms with Crippen LogP contribution in [0.3, 0.4) is 0 Å². The van der Waals surface area contributed by atoms with Gasteiger partial charge in [-0.1, -0.05) is 12.1 Å². The molecule has 0 saturated carbocycles. The van der Waals surface area contributed by atoms with Crippen molar-refractivity contribution in [1.82, 2.24) is 0 Å². The molecule has 2 aromatic carbocycles. The highest BCUT2D eigenvalue weighted by Gasteiger charge is 2.12. The highest BCUT2D eigenvalue weighted by molar-refractivity contribution is 5.98. The van der Waals surface area contributed by atoms with E-state index in [-0.39, 0.29) is 12.2 Å². The SMILES string of the molecule is CCOc1ccc(NC(=O)COC(=O)c2ccccc2N)cc1. The second-order valence-electron chi connectivity index (χ2n) is 4.67. The molecule has 120 valence electrons. The first-order chi connectivity index (χ1) is 11.1. The van der Waals surface area contributed by atoms with E-state index in [4.69, 9.17) is 15.2 Å². The van der Waals surface area contributed by atoms with Crippen molar-refractivity contribution in [1.29, 1.82) is 0 Å². The van der Waals surface area contributed by atoms with Gasteiger partial charge in [-0.3, -0.25) is 4.79 Å². The van der Waals surface area contributed by atoms with Crippen LogP contribution in [-0.4, -0.2) is 25.1 Å². The van der Waals surface area contributed by atoms with Crippen molar-refractivity contribution in [2.24, 2.45) is 0 Å². The first kappa shape index (κ1) is 16.4. The lowest BCUT2D eigenvalue weighted by atomic mass is 10.2. The Morgan fingerprint density at radius 1 is 1.09 bits per heavy atom. The van der Waals surface area contributed by atoms with Gasteiger partial charge in [-0.05, 0) is 43.3 Å². The van der Waals surface area contributed by atoms with Crippen molar-refractivity contribution in [2.45, 2.75) is 6.92 Å². The summed E-state index contributed by atoms with van der Waals surface area (Å²) in [5.41, 5.74) is 6.82. The van der Waals surface area contributed by atoms with Gasteiger partial charge in [0.2, 0.25) is 0 Å². The van der Waals surface area contributed by atoms with Crippen molar-refractivity contribution in [3.05, 3.63) is 54.1 Å². The second kappa shape index (κ2) is 7.84. The Morgan fingerprint density at radius 3 is 2.43 bits per heavy atom. The Morgan fingerprint density at radius 2 is 1.78 bits per heavy atom. The van der Waals surface area contributed by atoms with Crippen molar-refractivity contribution in [3.8, 4) is 5.75 Å². The van der Waals surface area contributed by atoms with Crippen LogP contribution in [-0.2, 0) is 9.53 Å². The third-order valence-corrected chi connectivity index (χ3v) is 2.96. The van der Waals surface area contributed by atoms with E-state index in [1.54, 1.807) is 48.5 Å². The van der Waals surface area contributed by atoms with Crippen molar-refractivity contribution in [2.75, 3.05) is 24.3 Å². The molecule has 0 bridgehead atoms. The third-order valence-electron chi connectivity index (χ3n) is 2.96. The summed E-state index contributed by atoms with van der Waals surface area (Å²) in [6.07, 6.45) is 0. The summed E-state index contributed by atoms with van der Waals surface area (Å²) in [7, 11) is 0. The lowest BCUT2D eigenvalue weighted by Gasteiger charge is -2.08. The zero-order valence-electron chi connectivity index (χ0n) is 12.7. The number of esters is 1. The van der Waals surface area contributed by atoms with Crippen LogP contribution in [0.5, 0.6) is 5.75 Å². The third kappa shape index (κ3) is 4.74. The van der Waals surface area contributed by atoms with Gasteiger partial charge < -0.3 is 20.5 Å². The number of carbonyl (C=O) groups excluding carboxylic acids is 2. The maximum Gasteiger partial charge on any atom is 0.340 e. The zero-order valence-corrected chi connectivity index (χ0v) is 12.7. The van der Waals surface area contributed by atoms with Gasteiger partial charge in [0, 0.05) is 11.4 Å². The van der Waals surface area contributed by atoms with Crippen LogP contribution >= 0.6 is 0 Å².